The van der Waals surface area contributed by atoms with Crippen molar-refractivity contribution in [2.75, 3.05) is 17.4 Å². The standard InChI is InChI=1S/C15H22ClN3S/c1-4-20-8-6-12(3)19-14(5-7-16)18-13-9-11(2)10-17-15(13)19/h9-10,12H,4-8H2,1-3H3. The third-order valence-electron chi connectivity index (χ3n) is 3.38. The molecule has 2 aromatic rings. The van der Waals surface area contributed by atoms with Gasteiger partial charge in [0.25, 0.3) is 0 Å². The summed E-state index contributed by atoms with van der Waals surface area (Å²) in [7, 11) is 0. The van der Waals surface area contributed by atoms with Gasteiger partial charge in [0.1, 0.15) is 11.3 Å². The molecule has 20 heavy (non-hydrogen) atoms. The highest BCUT2D eigenvalue weighted by Gasteiger charge is 2.16. The van der Waals surface area contributed by atoms with Crippen molar-refractivity contribution in [2.45, 2.75) is 39.7 Å². The Bertz CT molecular complexity index is 567. The number of halogens is 1. The van der Waals surface area contributed by atoms with Crippen molar-refractivity contribution in [3.8, 4) is 0 Å². The Balaban J connectivity index is 2.34. The second-order valence-corrected chi connectivity index (χ2v) is 6.80. The second-order valence-electron chi connectivity index (χ2n) is 5.03. The molecule has 0 bridgehead atoms. The zero-order valence-corrected chi connectivity index (χ0v) is 14.0. The number of nitrogens with zero attached hydrogens (tertiary/aromatic N) is 3. The van der Waals surface area contributed by atoms with Crippen molar-refractivity contribution in [3.63, 3.8) is 0 Å². The molecule has 110 valence electrons. The largest absolute Gasteiger partial charge is 0.310 e. The van der Waals surface area contributed by atoms with Crippen LogP contribution in [0.1, 0.15) is 37.7 Å². The van der Waals surface area contributed by atoms with Crippen LogP contribution in [-0.4, -0.2) is 31.9 Å². The molecule has 3 nitrogen and oxygen atoms in total. The highest BCUT2D eigenvalue weighted by Crippen LogP contribution is 2.24. The van der Waals surface area contributed by atoms with E-state index in [0.717, 1.165) is 35.4 Å². The molecule has 0 fully saturated rings. The molecule has 2 aromatic heterocycles. The molecule has 0 saturated heterocycles. The molecule has 0 aliphatic heterocycles. The number of rotatable bonds is 7. The van der Waals surface area contributed by atoms with E-state index in [-0.39, 0.29) is 0 Å². The van der Waals surface area contributed by atoms with Crippen molar-refractivity contribution >= 4 is 34.5 Å². The highest BCUT2D eigenvalue weighted by molar-refractivity contribution is 7.99. The lowest BCUT2D eigenvalue weighted by Crippen LogP contribution is -2.11. The molecule has 0 spiro atoms. The van der Waals surface area contributed by atoms with Crippen molar-refractivity contribution in [2.24, 2.45) is 0 Å². The maximum atomic E-state index is 5.92. The predicted molar refractivity (Wildman–Crippen MR) is 89.0 cm³/mol. The first-order valence-electron chi connectivity index (χ1n) is 7.14. The third kappa shape index (κ3) is 3.47. The van der Waals surface area contributed by atoms with Crippen LogP contribution < -0.4 is 0 Å². The number of aryl methyl sites for hydroxylation is 2. The molecule has 0 aromatic carbocycles. The molecule has 2 rings (SSSR count). The minimum atomic E-state index is 0.410. The van der Waals surface area contributed by atoms with E-state index in [0.29, 0.717) is 11.9 Å². The summed E-state index contributed by atoms with van der Waals surface area (Å²) < 4.78 is 2.27. The molecule has 1 unspecified atom stereocenters. The molecule has 5 heteroatoms. The van der Waals surface area contributed by atoms with Crippen LogP contribution in [0, 0.1) is 6.92 Å². The number of hydrogen-bond donors (Lipinski definition) is 0. The Morgan fingerprint density at radius 3 is 2.95 bits per heavy atom. The molecule has 0 N–H and O–H groups in total. The van der Waals surface area contributed by atoms with Gasteiger partial charge in [-0.1, -0.05) is 6.92 Å². The number of fused-ring (bicyclic) bond motifs is 1. The minimum Gasteiger partial charge on any atom is -0.310 e. The summed E-state index contributed by atoms with van der Waals surface area (Å²) in [5.74, 6) is 3.99. The van der Waals surface area contributed by atoms with Crippen LogP contribution in [0.15, 0.2) is 12.3 Å². The third-order valence-corrected chi connectivity index (χ3v) is 4.50. The van der Waals surface area contributed by atoms with Crippen molar-refractivity contribution in [3.05, 3.63) is 23.7 Å². The van der Waals surface area contributed by atoms with E-state index in [2.05, 4.69) is 29.5 Å². The zero-order valence-electron chi connectivity index (χ0n) is 12.4. The quantitative estimate of drug-likeness (QED) is 0.566. The summed E-state index contributed by atoms with van der Waals surface area (Å²) in [5, 5.41) is 0. The fraction of sp³-hybridized carbons (Fsp3) is 0.600. The summed E-state index contributed by atoms with van der Waals surface area (Å²) in [6, 6.07) is 2.51. The fourth-order valence-electron chi connectivity index (χ4n) is 2.38. The lowest BCUT2D eigenvalue weighted by Gasteiger charge is -2.16. The first kappa shape index (κ1) is 15.6. The van der Waals surface area contributed by atoms with Gasteiger partial charge in [0.15, 0.2) is 5.65 Å². The average molecular weight is 312 g/mol. The Labute approximate surface area is 130 Å². The number of hydrogen-bond acceptors (Lipinski definition) is 3. The Morgan fingerprint density at radius 2 is 2.25 bits per heavy atom. The first-order valence-corrected chi connectivity index (χ1v) is 8.83. The van der Waals surface area contributed by atoms with Crippen molar-refractivity contribution < 1.29 is 0 Å². The normalized spacial score (nSPS) is 13.0. The lowest BCUT2D eigenvalue weighted by atomic mass is 10.2. The van der Waals surface area contributed by atoms with Gasteiger partial charge in [0, 0.05) is 24.5 Å². The van der Waals surface area contributed by atoms with Crippen LogP contribution in [0.2, 0.25) is 0 Å². The number of thioether (sulfide) groups is 1. The summed E-state index contributed by atoms with van der Waals surface area (Å²) in [6.07, 6.45) is 3.84. The molecule has 2 heterocycles. The van der Waals surface area contributed by atoms with E-state index in [9.17, 15) is 0 Å². The van der Waals surface area contributed by atoms with Crippen molar-refractivity contribution in [1.82, 2.24) is 14.5 Å². The van der Waals surface area contributed by atoms with Gasteiger partial charge in [-0.3, -0.25) is 0 Å². The van der Waals surface area contributed by atoms with Crippen LogP contribution in [0.5, 0.6) is 0 Å². The van der Waals surface area contributed by atoms with Crippen LogP contribution in [0.25, 0.3) is 11.2 Å². The molecule has 0 aliphatic carbocycles. The fourth-order valence-corrected chi connectivity index (χ4v) is 3.35. The maximum Gasteiger partial charge on any atom is 0.160 e. The smallest absolute Gasteiger partial charge is 0.160 e. The molecule has 0 amide bonds. The molecular formula is C15H22ClN3S. The van der Waals surface area contributed by atoms with Gasteiger partial charge in [-0.2, -0.15) is 11.8 Å². The van der Waals surface area contributed by atoms with E-state index in [1.165, 1.54) is 11.5 Å². The van der Waals surface area contributed by atoms with E-state index in [4.69, 9.17) is 16.6 Å². The minimum absolute atomic E-state index is 0.410. The van der Waals surface area contributed by atoms with E-state index >= 15 is 0 Å². The summed E-state index contributed by atoms with van der Waals surface area (Å²) in [4.78, 5) is 9.31. The first-order chi connectivity index (χ1) is 9.67. The SMILES string of the molecule is CCSCCC(C)n1c(CCCl)nc2cc(C)cnc21. The van der Waals surface area contributed by atoms with Gasteiger partial charge >= 0.3 is 0 Å². The number of aromatic nitrogens is 3. The summed E-state index contributed by atoms with van der Waals surface area (Å²) in [5.41, 5.74) is 3.12. The predicted octanol–water partition coefficient (Wildman–Crippen LogP) is 4.23. The van der Waals surface area contributed by atoms with Gasteiger partial charge in [0.2, 0.25) is 0 Å². The average Bonchev–Trinajstić information content (AvgIpc) is 2.76. The highest BCUT2D eigenvalue weighted by atomic mass is 35.5. The monoisotopic (exact) mass is 311 g/mol. The maximum absolute atomic E-state index is 5.92. The van der Waals surface area contributed by atoms with Crippen LogP contribution >= 0.6 is 23.4 Å². The van der Waals surface area contributed by atoms with Crippen LogP contribution in [-0.2, 0) is 6.42 Å². The Hall–Kier alpha value is -0.740. The van der Waals surface area contributed by atoms with E-state index in [1.54, 1.807) is 0 Å². The number of imidazole rings is 1. The Morgan fingerprint density at radius 1 is 1.45 bits per heavy atom. The van der Waals surface area contributed by atoms with Gasteiger partial charge in [0.05, 0.1) is 0 Å². The number of alkyl halides is 1. The second kappa shape index (κ2) is 7.32. The van der Waals surface area contributed by atoms with Crippen LogP contribution in [0.4, 0.5) is 0 Å². The van der Waals surface area contributed by atoms with Gasteiger partial charge in [-0.05, 0) is 43.4 Å². The summed E-state index contributed by atoms with van der Waals surface area (Å²) in [6.45, 7) is 6.50. The van der Waals surface area contributed by atoms with Crippen molar-refractivity contribution in [1.29, 1.82) is 0 Å². The Kier molecular flexibility index (Phi) is 5.73. The molecular weight excluding hydrogens is 290 g/mol. The van der Waals surface area contributed by atoms with E-state index in [1.807, 2.05) is 24.9 Å². The lowest BCUT2D eigenvalue weighted by molar-refractivity contribution is 0.525. The molecule has 0 radical (unpaired) electrons. The van der Waals surface area contributed by atoms with Gasteiger partial charge in [-0.15, -0.1) is 11.6 Å². The van der Waals surface area contributed by atoms with Gasteiger partial charge < -0.3 is 4.57 Å². The topological polar surface area (TPSA) is 30.7 Å². The van der Waals surface area contributed by atoms with E-state index < -0.39 is 0 Å². The number of pyridine rings is 1. The molecule has 1 atom stereocenters. The summed E-state index contributed by atoms with van der Waals surface area (Å²) >= 11 is 7.90. The molecule has 0 aliphatic rings. The molecule has 0 saturated carbocycles. The van der Waals surface area contributed by atoms with Gasteiger partial charge in [-0.25, -0.2) is 9.97 Å². The zero-order chi connectivity index (χ0) is 14.5. The van der Waals surface area contributed by atoms with Crippen LogP contribution in [0.3, 0.4) is 0 Å².